The monoisotopic (exact) mass is 533 g/mol. The number of anilines is 1. The molecule has 0 fully saturated rings. The van der Waals surface area contributed by atoms with Gasteiger partial charge in [-0.15, -0.1) is 0 Å². The van der Waals surface area contributed by atoms with Crippen LogP contribution in [0.1, 0.15) is 44.2 Å². The number of unbranched alkanes of at least 4 members (excludes halogenated alkanes) is 1. The largest absolute Gasteiger partial charge is 0.497 e. The van der Waals surface area contributed by atoms with Crippen LogP contribution in [0.2, 0.25) is 0 Å². The van der Waals surface area contributed by atoms with Crippen LogP contribution in [0.4, 0.5) is 5.69 Å². The van der Waals surface area contributed by atoms with Crippen molar-refractivity contribution >= 4 is 27.5 Å². The molecular formula is C27H39N3O6S. The number of nitrogens with zero attached hydrogens (tertiary/aromatic N) is 2. The maximum absolute atomic E-state index is 13.8. The number of sulfonamides is 1. The summed E-state index contributed by atoms with van der Waals surface area (Å²) in [5.74, 6) is 0.167. The SMILES string of the molecule is CCCCNC(=O)[C@@H](CC)N(Cc1cccc(OC)c1)C(=O)CN(c1cc(C)ccc1OC)S(C)(=O)=O. The second kappa shape index (κ2) is 13.9. The van der Waals surface area contributed by atoms with Gasteiger partial charge in [-0.2, -0.15) is 0 Å². The minimum absolute atomic E-state index is 0.109. The maximum atomic E-state index is 13.8. The van der Waals surface area contributed by atoms with Crippen LogP contribution in [0.25, 0.3) is 0 Å². The van der Waals surface area contributed by atoms with Crippen LogP contribution < -0.4 is 19.1 Å². The third-order valence-corrected chi connectivity index (χ3v) is 7.11. The van der Waals surface area contributed by atoms with Crippen LogP contribution in [0.3, 0.4) is 0 Å². The van der Waals surface area contributed by atoms with Crippen molar-refractivity contribution in [3.63, 3.8) is 0 Å². The number of hydrogen-bond donors (Lipinski definition) is 1. The van der Waals surface area contributed by atoms with E-state index in [2.05, 4.69) is 5.32 Å². The predicted molar refractivity (Wildman–Crippen MR) is 145 cm³/mol. The average Bonchev–Trinajstić information content (AvgIpc) is 2.86. The number of ether oxygens (including phenoxy) is 2. The summed E-state index contributed by atoms with van der Waals surface area (Å²) in [6.07, 6.45) is 3.15. The van der Waals surface area contributed by atoms with Crippen LogP contribution in [0, 0.1) is 6.92 Å². The Bertz CT molecular complexity index is 1170. The standard InChI is InChI=1S/C27H39N3O6S/c1-7-9-15-28-27(32)23(8-2)29(18-21-11-10-12-22(17-21)35-4)26(31)19-30(37(6,33)34)24-16-20(3)13-14-25(24)36-5/h10-14,16-17,23H,7-9,15,18-19H2,1-6H3,(H,28,32)/t23-/m1/s1. The Morgan fingerprint density at radius 1 is 1.05 bits per heavy atom. The van der Waals surface area contributed by atoms with Gasteiger partial charge in [-0.25, -0.2) is 8.42 Å². The van der Waals surface area contributed by atoms with E-state index in [0.717, 1.165) is 34.5 Å². The number of amides is 2. The van der Waals surface area contributed by atoms with Gasteiger partial charge in [0.1, 0.15) is 24.1 Å². The zero-order valence-corrected chi connectivity index (χ0v) is 23.4. The number of aryl methyl sites for hydroxylation is 1. The summed E-state index contributed by atoms with van der Waals surface area (Å²) < 4.78 is 37.5. The molecule has 0 aromatic heterocycles. The first-order valence-electron chi connectivity index (χ1n) is 12.4. The van der Waals surface area contributed by atoms with Gasteiger partial charge in [0, 0.05) is 13.1 Å². The van der Waals surface area contributed by atoms with E-state index in [9.17, 15) is 18.0 Å². The van der Waals surface area contributed by atoms with Crippen molar-refractivity contribution in [3.05, 3.63) is 53.6 Å². The first kappa shape index (κ1) is 30.0. The van der Waals surface area contributed by atoms with E-state index in [1.807, 2.05) is 26.8 Å². The lowest BCUT2D eigenvalue weighted by Crippen LogP contribution is -2.52. The predicted octanol–water partition coefficient (Wildman–Crippen LogP) is 3.50. The van der Waals surface area contributed by atoms with Crippen LogP contribution >= 0.6 is 0 Å². The number of carbonyl (C=O) groups is 2. The Kier molecular flexibility index (Phi) is 11.2. The maximum Gasteiger partial charge on any atom is 0.244 e. The van der Waals surface area contributed by atoms with Gasteiger partial charge in [-0.3, -0.25) is 13.9 Å². The number of carbonyl (C=O) groups excluding carboxylic acids is 2. The fourth-order valence-corrected chi connectivity index (χ4v) is 4.83. The van der Waals surface area contributed by atoms with Gasteiger partial charge in [-0.1, -0.05) is 38.5 Å². The number of nitrogens with one attached hydrogen (secondary N) is 1. The molecule has 0 heterocycles. The summed E-state index contributed by atoms with van der Waals surface area (Å²) in [5.41, 5.74) is 1.83. The molecule has 2 amide bonds. The first-order valence-corrected chi connectivity index (χ1v) is 14.2. The molecule has 1 N–H and O–H groups in total. The quantitative estimate of drug-likeness (QED) is 0.373. The second-order valence-corrected chi connectivity index (χ2v) is 10.8. The van der Waals surface area contributed by atoms with Crippen LogP contribution in [-0.4, -0.2) is 64.7 Å². The zero-order chi connectivity index (χ0) is 27.6. The Balaban J connectivity index is 2.49. The molecule has 9 nitrogen and oxygen atoms in total. The molecule has 1 atom stereocenters. The summed E-state index contributed by atoms with van der Waals surface area (Å²) in [5, 5.41) is 2.91. The highest BCUT2D eigenvalue weighted by Gasteiger charge is 2.32. The van der Waals surface area contributed by atoms with Gasteiger partial charge in [0.25, 0.3) is 0 Å². The van der Waals surface area contributed by atoms with E-state index >= 15 is 0 Å². The minimum Gasteiger partial charge on any atom is -0.497 e. The molecular weight excluding hydrogens is 494 g/mol. The Hall–Kier alpha value is -3.27. The van der Waals surface area contributed by atoms with Gasteiger partial charge < -0.3 is 19.7 Å². The van der Waals surface area contributed by atoms with Crippen molar-refractivity contribution in [2.75, 3.05) is 37.9 Å². The van der Waals surface area contributed by atoms with Gasteiger partial charge in [-0.05, 0) is 55.2 Å². The molecule has 2 aromatic carbocycles. The van der Waals surface area contributed by atoms with E-state index in [0.29, 0.717) is 24.5 Å². The third kappa shape index (κ3) is 8.38. The molecule has 0 aliphatic heterocycles. The molecule has 0 radical (unpaired) electrons. The van der Waals surface area contributed by atoms with Crippen molar-refractivity contribution in [1.82, 2.24) is 10.2 Å². The zero-order valence-electron chi connectivity index (χ0n) is 22.6. The molecule has 204 valence electrons. The van der Waals surface area contributed by atoms with Crippen molar-refractivity contribution < 1.29 is 27.5 Å². The summed E-state index contributed by atoms with van der Waals surface area (Å²) in [6.45, 7) is 5.81. The molecule has 0 saturated heterocycles. The third-order valence-electron chi connectivity index (χ3n) is 5.98. The minimum atomic E-state index is -3.86. The smallest absolute Gasteiger partial charge is 0.244 e. The fraction of sp³-hybridized carbons (Fsp3) is 0.481. The van der Waals surface area contributed by atoms with Crippen LogP contribution in [0.15, 0.2) is 42.5 Å². The van der Waals surface area contributed by atoms with Crippen molar-refractivity contribution in [2.24, 2.45) is 0 Å². The molecule has 2 rings (SSSR count). The lowest BCUT2D eigenvalue weighted by atomic mass is 10.1. The normalized spacial score (nSPS) is 11.9. The van der Waals surface area contributed by atoms with E-state index in [4.69, 9.17) is 9.47 Å². The molecule has 0 aliphatic carbocycles. The number of hydrogen-bond acceptors (Lipinski definition) is 6. The molecule has 10 heteroatoms. The summed E-state index contributed by atoms with van der Waals surface area (Å²) in [7, 11) is -0.868. The van der Waals surface area contributed by atoms with Gasteiger partial charge in [0.2, 0.25) is 21.8 Å². The summed E-state index contributed by atoms with van der Waals surface area (Å²) in [6, 6.07) is 11.6. The highest BCUT2D eigenvalue weighted by molar-refractivity contribution is 7.92. The number of rotatable bonds is 14. The number of methoxy groups -OCH3 is 2. The molecule has 0 spiro atoms. The molecule has 0 unspecified atom stereocenters. The molecule has 0 bridgehead atoms. The van der Waals surface area contributed by atoms with E-state index in [1.54, 1.807) is 43.5 Å². The molecule has 2 aromatic rings. The Morgan fingerprint density at radius 3 is 2.38 bits per heavy atom. The highest BCUT2D eigenvalue weighted by Crippen LogP contribution is 2.31. The van der Waals surface area contributed by atoms with Crippen LogP contribution in [0.5, 0.6) is 11.5 Å². The second-order valence-electron chi connectivity index (χ2n) is 8.89. The van der Waals surface area contributed by atoms with Crippen molar-refractivity contribution in [3.8, 4) is 11.5 Å². The highest BCUT2D eigenvalue weighted by atomic mass is 32.2. The lowest BCUT2D eigenvalue weighted by molar-refractivity contribution is -0.140. The molecule has 37 heavy (non-hydrogen) atoms. The average molecular weight is 534 g/mol. The first-order chi connectivity index (χ1) is 17.5. The summed E-state index contributed by atoms with van der Waals surface area (Å²) in [4.78, 5) is 28.4. The van der Waals surface area contributed by atoms with E-state index < -0.39 is 28.5 Å². The lowest BCUT2D eigenvalue weighted by Gasteiger charge is -2.33. The summed E-state index contributed by atoms with van der Waals surface area (Å²) >= 11 is 0. The molecule has 0 aliphatic rings. The van der Waals surface area contributed by atoms with Crippen molar-refractivity contribution in [2.45, 2.75) is 52.6 Å². The Labute approximate surface area is 220 Å². The van der Waals surface area contributed by atoms with E-state index in [-0.39, 0.29) is 18.1 Å². The van der Waals surface area contributed by atoms with Gasteiger partial charge in [0.15, 0.2) is 0 Å². The van der Waals surface area contributed by atoms with Crippen LogP contribution in [-0.2, 0) is 26.2 Å². The van der Waals surface area contributed by atoms with Gasteiger partial charge >= 0.3 is 0 Å². The van der Waals surface area contributed by atoms with E-state index in [1.165, 1.54) is 12.0 Å². The van der Waals surface area contributed by atoms with Crippen molar-refractivity contribution in [1.29, 1.82) is 0 Å². The van der Waals surface area contributed by atoms with Gasteiger partial charge in [0.05, 0.1) is 26.2 Å². The molecule has 0 saturated carbocycles. The fourth-order valence-electron chi connectivity index (χ4n) is 3.98. The Morgan fingerprint density at radius 2 is 1.78 bits per heavy atom. The number of benzene rings is 2. The topological polar surface area (TPSA) is 105 Å².